The van der Waals surface area contributed by atoms with Crippen molar-refractivity contribution in [2.24, 2.45) is 0 Å². The van der Waals surface area contributed by atoms with Gasteiger partial charge in [0.1, 0.15) is 5.01 Å². The van der Waals surface area contributed by atoms with Crippen LogP contribution in [0.25, 0.3) is 20.8 Å². The normalized spacial score (nSPS) is 10.8. The topological polar surface area (TPSA) is 74.8 Å². The Morgan fingerprint density at radius 2 is 1.88 bits per heavy atom. The van der Waals surface area contributed by atoms with Crippen molar-refractivity contribution < 1.29 is 4.79 Å². The molecule has 0 radical (unpaired) electrons. The van der Waals surface area contributed by atoms with Crippen molar-refractivity contribution in [3.05, 3.63) is 82.3 Å². The fourth-order valence-electron chi connectivity index (χ4n) is 2.61. The molecule has 0 saturated heterocycles. The van der Waals surface area contributed by atoms with Gasteiger partial charge in [-0.15, -0.1) is 11.3 Å². The van der Waals surface area contributed by atoms with Gasteiger partial charge in [0.25, 0.3) is 5.91 Å². The first-order chi connectivity index (χ1) is 12.6. The Balaban J connectivity index is 1.55. The highest BCUT2D eigenvalue weighted by Gasteiger charge is 2.09. The van der Waals surface area contributed by atoms with Crippen LogP contribution >= 0.6 is 11.3 Å². The van der Waals surface area contributed by atoms with Crippen LogP contribution in [-0.4, -0.2) is 15.9 Å². The van der Waals surface area contributed by atoms with Gasteiger partial charge >= 0.3 is 0 Å². The zero-order chi connectivity index (χ0) is 18.1. The average Bonchev–Trinajstić information content (AvgIpc) is 3.06. The van der Waals surface area contributed by atoms with Crippen molar-refractivity contribution in [3.8, 4) is 10.6 Å². The van der Waals surface area contributed by atoms with E-state index < -0.39 is 0 Å². The summed E-state index contributed by atoms with van der Waals surface area (Å²) >= 11 is 1.65. The second-order valence-electron chi connectivity index (χ2n) is 5.96. The number of aryl methyl sites for hydroxylation is 1. The predicted molar refractivity (Wildman–Crippen MR) is 105 cm³/mol. The van der Waals surface area contributed by atoms with Crippen LogP contribution in [0.3, 0.4) is 0 Å². The van der Waals surface area contributed by atoms with Crippen molar-refractivity contribution in [2.45, 2.75) is 6.92 Å². The minimum absolute atomic E-state index is 0.239. The van der Waals surface area contributed by atoms with Gasteiger partial charge in [-0.3, -0.25) is 9.59 Å². The number of thiazole rings is 1. The third kappa shape index (κ3) is 3.27. The van der Waals surface area contributed by atoms with Gasteiger partial charge in [0.15, 0.2) is 0 Å². The molecule has 2 heterocycles. The number of anilines is 1. The highest BCUT2D eigenvalue weighted by Crippen LogP contribution is 2.31. The van der Waals surface area contributed by atoms with Gasteiger partial charge in [-0.1, -0.05) is 6.07 Å². The zero-order valence-corrected chi connectivity index (χ0v) is 14.8. The SMILES string of the molecule is Cc1ccc2nc(-c3ccc(NC(=O)c4ccc(=O)[nH]c4)cc3)sc2c1. The number of hydrogen-bond donors (Lipinski definition) is 2. The smallest absolute Gasteiger partial charge is 0.257 e. The van der Waals surface area contributed by atoms with Crippen molar-refractivity contribution in [1.82, 2.24) is 9.97 Å². The van der Waals surface area contributed by atoms with Gasteiger partial charge in [0.2, 0.25) is 5.56 Å². The van der Waals surface area contributed by atoms with Crippen LogP contribution in [0, 0.1) is 6.92 Å². The van der Waals surface area contributed by atoms with Crippen molar-refractivity contribution in [2.75, 3.05) is 5.32 Å². The number of rotatable bonds is 3. The second kappa shape index (κ2) is 6.57. The third-order valence-electron chi connectivity index (χ3n) is 3.98. The van der Waals surface area contributed by atoms with Crippen LogP contribution in [0.4, 0.5) is 5.69 Å². The maximum Gasteiger partial charge on any atom is 0.257 e. The number of carbonyl (C=O) groups is 1. The second-order valence-corrected chi connectivity index (χ2v) is 6.99. The maximum atomic E-state index is 12.2. The number of fused-ring (bicyclic) bond motifs is 1. The molecule has 0 aliphatic carbocycles. The van der Waals surface area contributed by atoms with Crippen molar-refractivity contribution in [3.63, 3.8) is 0 Å². The molecule has 4 aromatic rings. The lowest BCUT2D eigenvalue weighted by atomic mass is 10.2. The van der Waals surface area contributed by atoms with Crippen LogP contribution in [0.5, 0.6) is 0 Å². The van der Waals surface area contributed by atoms with E-state index in [2.05, 4.69) is 34.3 Å². The van der Waals surface area contributed by atoms with E-state index in [0.29, 0.717) is 11.3 Å². The molecule has 2 aromatic carbocycles. The number of pyridine rings is 1. The minimum atomic E-state index is -0.274. The lowest BCUT2D eigenvalue weighted by molar-refractivity contribution is 0.102. The van der Waals surface area contributed by atoms with E-state index in [1.807, 2.05) is 30.3 Å². The molecule has 0 aliphatic rings. The van der Waals surface area contributed by atoms with E-state index in [1.54, 1.807) is 11.3 Å². The number of aromatic amines is 1. The Hall–Kier alpha value is -3.25. The molecule has 4 rings (SSSR count). The lowest BCUT2D eigenvalue weighted by Crippen LogP contribution is -2.14. The first-order valence-electron chi connectivity index (χ1n) is 8.06. The zero-order valence-electron chi connectivity index (χ0n) is 13.9. The average molecular weight is 361 g/mol. The Kier molecular flexibility index (Phi) is 4.10. The summed E-state index contributed by atoms with van der Waals surface area (Å²) in [4.78, 5) is 30.4. The first-order valence-corrected chi connectivity index (χ1v) is 8.88. The minimum Gasteiger partial charge on any atom is -0.328 e. The number of amides is 1. The molecule has 0 spiro atoms. The molecule has 5 nitrogen and oxygen atoms in total. The summed E-state index contributed by atoms with van der Waals surface area (Å²) in [6.07, 6.45) is 1.40. The van der Waals surface area contributed by atoms with E-state index in [-0.39, 0.29) is 11.5 Å². The Labute approximate surface area is 153 Å². The molecule has 0 aliphatic heterocycles. The molecule has 1 amide bonds. The molecule has 2 aromatic heterocycles. The van der Waals surface area contributed by atoms with Crippen LogP contribution in [-0.2, 0) is 0 Å². The van der Waals surface area contributed by atoms with Crippen molar-refractivity contribution >= 4 is 33.1 Å². The van der Waals surface area contributed by atoms with Gasteiger partial charge in [0, 0.05) is 23.5 Å². The number of nitrogens with one attached hydrogen (secondary N) is 2. The van der Waals surface area contributed by atoms with E-state index in [4.69, 9.17) is 0 Å². The molecule has 2 N–H and O–H groups in total. The molecule has 0 unspecified atom stereocenters. The molecule has 6 heteroatoms. The van der Waals surface area contributed by atoms with Gasteiger partial charge in [0.05, 0.1) is 15.8 Å². The standard InChI is InChI=1S/C20H15N3O2S/c1-12-2-8-16-17(10-12)26-20(23-16)13-3-6-15(7-4-13)22-19(25)14-5-9-18(24)21-11-14/h2-11H,1H3,(H,21,24)(H,22,25). The molecular weight excluding hydrogens is 346 g/mol. The summed E-state index contributed by atoms with van der Waals surface area (Å²) in [5.41, 5.74) is 4.05. The maximum absolute atomic E-state index is 12.2. The van der Waals surface area contributed by atoms with E-state index in [9.17, 15) is 9.59 Å². The van der Waals surface area contributed by atoms with Crippen LogP contribution in [0.2, 0.25) is 0 Å². The van der Waals surface area contributed by atoms with Crippen LogP contribution in [0.1, 0.15) is 15.9 Å². The summed E-state index contributed by atoms with van der Waals surface area (Å²) < 4.78 is 1.16. The molecular formula is C20H15N3O2S. The number of benzene rings is 2. The predicted octanol–water partition coefficient (Wildman–Crippen LogP) is 4.21. The Bertz CT molecular complexity index is 1140. The molecule has 128 valence electrons. The number of hydrogen-bond acceptors (Lipinski definition) is 4. The number of aromatic nitrogens is 2. The summed E-state index contributed by atoms with van der Waals surface area (Å²) in [5, 5.41) is 3.76. The highest BCUT2D eigenvalue weighted by molar-refractivity contribution is 7.21. The Morgan fingerprint density at radius 3 is 2.62 bits per heavy atom. The summed E-state index contributed by atoms with van der Waals surface area (Å²) in [6.45, 7) is 2.07. The highest BCUT2D eigenvalue weighted by atomic mass is 32.1. The monoisotopic (exact) mass is 361 g/mol. The van der Waals surface area contributed by atoms with E-state index in [1.165, 1.54) is 23.9 Å². The summed E-state index contributed by atoms with van der Waals surface area (Å²) in [6, 6.07) is 16.6. The van der Waals surface area contributed by atoms with Crippen LogP contribution in [0.15, 0.2) is 65.6 Å². The van der Waals surface area contributed by atoms with E-state index in [0.717, 1.165) is 20.8 Å². The first kappa shape index (κ1) is 16.2. The van der Waals surface area contributed by atoms with Gasteiger partial charge in [-0.05, 0) is 55.0 Å². The fraction of sp³-hybridized carbons (Fsp3) is 0.0500. The quantitative estimate of drug-likeness (QED) is 0.574. The van der Waals surface area contributed by atoms with Crippen LogP contribution < -0.4 is 10.9 Å². The number of nitrogens with zero attached hydrogens (tertiary/aromatic N) is 1. The summed E-state index contributed by atoms with van der Waals surface area (Å²) in [7, 11) is 0. The fourth-order valence-corrected chi connectivity index (χ4v) is 3.68. The molecule has 0 atom stereocenters. The molecule has 26 heavy (non-hydrogen) atoms. The lowest BCUT2D eigenvalue weighted by Gasteiger charge is -2.05. The third-order valence-corrected chi connectivity index (χ3v) is 5.05. The summed E-state index contributed by atoms with van der Waals surface area (Å²) in [5.74, 6) is -0.274. The van der Waals surface area contributed by atoms with Gasteiger partial charge in [-0.25, -0.2) is 4.98 Å². The van der Waals surface area contributed by atoms with Gasteiger partial charge < -0.3 is 10.3 Å². The van der Waals surface area contributed by atoms with Crippen molar-refractivity contribution in [1.29, 1.82) is 0 Å². The molecule has 0 saturated carbocycles. The number of H-pyrrole nitrogens is 1. The molecule has 0 fully saturated rings. The van der Waals surface area contributed by atoms with Gasteiger partial charge in [-0.2, -0.15) is 0 Å². The Morgan fingerprint density at radius 1 is 1.08 bits per heavy atom. The largest absolute Gasteiger partial charge is 0.328 e. The number of carbonyl (C=O) groups excluding carboxylic acids is 1. The van der Waals surface area contributed by atoms with E-state index >= 15 is 0 Å². The molecule has 0 bridgehead atoms.